The molecule has 0 saturated carbocycles. The summed E-state index contributed by atoms with van der Waals surface area (Å²) in [5.74, 6) is 0.134. The van der Waals surface area contributed by atoms with Crippen LogP contribution in [0.3, 0.4) is 0 Å². The smallest absolute Gasteiger partial charge is 0.220 e. The van der Waals surface area contributed by atoms with Gasteiger partial charge in [0, 0.05) is 19.6 Å². The quantitative estimate of drug-likeness (QED) is 0.716. The van der Waals surface area contributed by atoms with Gasteiger partial charge in [0.15, 0.2) is 6.29 Å². The first-order chi connectivity index (χ1) is 6.84. The Morgan fingerprint density at radius 3 is 2.93 bits per heavy atom. The van der Waals surface area contributed by atoms with E-state index in [1.807, 2.05) is 0 Å². The van der Waals surface area contributed by atoms with Gasteiger partial charge in [-0.25, -0.2) is 0 Å². The predicted molar refractivity (Wildman–Crippen MR) is 50.7 cm³/mol. The Morgan fingerprint density at radius 1 is 1.36 bits per heavy atom. The fraction of sp³-hybridized carbons (Fsp3) is 0.900. The van der Waals surface area contributed by atoms with E-state index >= 15 is 0 Å². The van der Waals surface area contributed by atoms with Crippen molar-refractivity contribution in [2.24, 2.45) is 0 Å². The molecule has 0 aliphatic carbocycles. The van der Waals surface area contributed by atoms with E-state index in [2.05, 4.69) is 5.32 Å². The lowest BCUT2D eigenvalue weighted by atomic mass is 10.1. The third-order valence-corrected chi connectivity index (χ3v) is 2.70. The Hall–Kier alpha value is -0.610. The van der Waals surface area contributed by atoms with Gasteiger partial charge in [0.05, 0.1) is 6.10 Å². The van der Waals surface area contributed by atoms with Crippen molar-refractivity contribution in [3.8, 4) is 0 Å². The summed E-state index contributed by atoms with van der Waals surface area (Å²) in [4.78, 5) is 10.9. The summed E-state index contributed by atoms with van der Waals surface area (Å²) in [5.41, 5.74) is 0. The molecule has 14 heavy (non-hydrogen) atoms. The molecule has 2 atom stereocenters. The third kappa shape index (κ3) is 2.69. The fourth-order valence-corrected chi connectivity index (χ4v) is 1.86. The number of ether oxygens (including phenoxy) is 2. The van der Waals surface area contributed by atoms with E-state index in [4.69, 9.17) is 9.47 Å². The van der Waals surface area contributed by atoms with Crippen LogP contribution in [0.1, 0.15) is 32.1 Å². The minimum absolute atomic E-state index is 0.0382. The lowest BCUT2D eigenvalue weighted by Crippen LogP contribution is -2.41. The van der Waals surface area contributed by atoms with Gasteiger partial charge in [-0.15, -0.1) is 0 Å². The van der Waals surface area contributed by atoms with Crippen LogP contribution in [0.2, 0.25) is 0 Å². The van der Waals surface area contributed by atoms with E-state index in [0.29, 0.717) is 13.0 Å². The number of piperidine rings is 1. The molecular formula is C10H17NO3. The van der Waals surface area contributed by atoms with Gasteiger partial charge in [0.1, 0.15) is 0 Å². The van der Waals surface area contributed by atoms with Crippen LogP contribution < -0.4 is 5.32 Å². The van der Waals surface area contributed by atoms with Crippen molar-refractivity contribution in [2.75, 3.05) is 13.2 Å². The molecule has 2 saturated heterocycles. The normalized spacial score (nSPS) is 33.9. The maximum Gasteiger partial charge on any atom is 0.220 e. The first-order valence-corrected chi connectivity index (χ1v) is 5.38. The van der Waals surface area contributed by atoms with Gasteiger partial charge in [-0.1, -0.05) is 0 Å². The Kier molecular flexibility index (Phi) is 3.37. The van der Waals surface area contributed by atoms with Crippen LogP contribution in [-0.2, 0) is 14.3 Å². The molecule has 2 aliphatic rings. The molecule has 2 unspecified atom stereocenters. The molecule has 0 spiro atoms. The van der Waals surface area contributed by atoms with Gasteiger partial charge in [-0.2, -0.15) is 0 Å². The largest absolute Gasteiger partial charge is 0.353 e. The second-order valence-electron chi connectivity index (χ2n) is 3.90. The highest BCUT2D eigenvalue weighted by Gasteiger charge is 2.23. The van der Waals surface area contributed by atoms with E-state index < -0.39 is 0 Å². The maximum atomic E-state index is 10.9. The highest BCUT2D eigenvalue weighted by atomic mass is 16.7. The second kappa shape index (κ2) is 4.75. The molecule has 80 valence electrons. The van der Waals surface area contributed by atoms with Crippen LogP contribution in [0, 0.1) is 0 Å². The van der Waals surface area contributed by atoms with E-state index in [1.165, 1.54) is 6.42 Å². The number of carbonyl (C=O) groups is 1. The van der Waals surface area contributed by atoms with Crippen LogP contribution >= 0.6 is 0 Å². The molecule has 0 aromatic heterocycles. The minimum Gasteiger partial charge on any atom is -0.353 e. The average Bonchev–Trinajstić information content (AvgIpc) is 2.23. The fourth-order valence-electron chi connectivity index (χ4n) is 1.86. The van der Waals surface area contributed by atoms with Crippen molar-refractivity contribution in [1.29, 1.82) is 0 Å². The zero-order valence-corrected chi connectivity index (χ0v) is 8.33. The number of nitrogens with one attached hydrogen (secondary N) is 1. The minimum atomic E-state index is -0.0382. The molecule has 0 aromatic carbocycles. The van der Waals surface area contributed by atoms with Crippen molar-refractivity contribution in [1.82, 2.24) is 5.32 Å². The van der Waals surface area contributed by atoms with Crippen LogP contribution in [0.5, 0.6) is 0 Å². The Balaban J connectivity index is 1.71. The summed E-state index contributed by atoms with van der Waals surface area (Å²) in [6.45, 7) is 1.45. The maximum absolute atomic E-state index is 10.9. The van der Waals surface area contributed by atoms with Gasteiger partial charge >= 0.3 is 0 Å². The van der Waals surface area contributed by atoms with Crippen LogP contribution in [0.15, 0.2) is 0 Å². The van der Waals surface area contributed by atoms with Crippen molar-refractivity contribution in [2.45, 2.75) is 44.5 Å². The molecule has 0 aromatic rings. The Labute approximate surface area is 84.0 Å². The van der Waals surface area contributed by atoms with Gasteiger partial charge in [0.25, 0.3) is 0 Å². The first-order valence-electron chi connectivity index (χ1n) is 5.38. The molecule has 0 radical (unpaired) electrons. The molecular weight excluding hydrogens is 182 g/mol. The van der Waals surface area contributed by atoms with E-state index in [1.54, 1.807) is 0 Å². The van der Waals surface area contributed by atoms with Gasteiger partial charge in [0.2, 0.25) is 5.91 Å². The van der Waals surface area contributed by atoms with Crippen molar-refractivity contribution in [3.05, 3.63) is 0 Å². The first kappa shape index (κ1) is 9.93. The monoisotopic (exact) mass is 199 g/mol. The molecule has 2 aliphatic heterocycles. The zero-order valence-electron chi connectivity index (χ0n) is 8.33. The number of hydrogen-bond acceptors (Lipinski definition) is 3. The molecule has 4 nitrogen and oxygen atoms in total. The Morgan fingerprint density at radius 2 is 2.29 bits per heavy atom. The van der Waals surface area contributed by atoms with Gasteiger partial charge in [-0.3, -0.25) is 4.79 Å². The number of hydrogen-bond donors (Lipinski definition) is 1. The van der Waals surface area contributed by atoms with Crippen LogP contribution in [-0.4, -0.2) is 31.5 Å². The van der Waals surface area contributed by atoms with E-state index in [-0.39, 0.29) is 18.3 Å². The second-order valence-corrected chi connectivity index (χ2v) is 3.90. The molecule has 1 N–H and O–H groups in total. The summed E-state index contributed by atoms with van der Waals surface area (Å²) in [6, 6.07) is 0. The number of carbonyl (C=O) groups excluding carboxylic acids is 1. The third-order valence-electron chi connectivity index (χ3n) is 2.70. The van der Waals surface area contributed by atoms with Crippen LogP contribution in [0.25, 0.3) is 0 Å². The number of amides is 1. The molecule has 1 amide bonds. The summed E-state index contributed by atoms with van der Waals surface area (Å²) < 4.78 is 11.2. The summed E-state index contributed by atoms with van der Waals surface area (Å²) in [7, 11) is 0. The topological polar surface area (TPSA) is 47.6 Å². The summed E-state index contributed by atoms with van der Waals surface area (Å²) in [6.07, 6.45) is 4.83. The lowest BCUT2D eigenvalue weighted by molar-refractivity contribution is -0.191. The van der Waals surface area contributed by atoms with Crippen molar-refractivity contribution >= 4 is 5.91 Å². The molecule has 0 bridgehead atoms. The molecule has 2 fully saturated rings. The van der Waals surface area contributed by atoms with Gasteiger partial charge in [-0.05, 0) is 25.7 Å². The zero-order chi connectivity index (χ0) is 9.80. The standard InChI is InChI=1S/C10H17NO3/c12-9-5-4-8(7-11-9)14-10-3-1-2-6-13-10/h8,10H,1-7H2,(H,11,12). The highest BCUT2D eigenvalue weighted by molar-refractivity contribution is 5.76. The summed E-state index contributed by atoms with van der Waals surface area (Å²) >= 11 is 0. The van der Waals surface area contributed by atoms with Crippen molar-refractivity contribution < 1.29 is 14.3 Å². The van der Waals surface area contributed by atoms with E-state index in [9.17, 15) is 4.79 Å². The van der Waals surface area contributed by atoms with E-state index in [0.717, 1.165) is 25.9 Å². The molecule has 2 heterocycles. The molecule has 4 heteroatoms. The lowest BCUT2D eigenvalue weighted by Gasteiger charge is -2.29. The van der Waals surface area contributed by atoms with Crippen molar-refractivity contribution in [3.63, 3.8) is 0 Å². The number of rotatable bonds is 2. The SMILES string of the molecule is O=C1CCC(OC2CCCCO2)CN1. The van der Waals surface area contributed by atoms with Gasteiger partial charge < -0.3 is 14.8 Å². The van der Waals surface area contributed by atoms with Crippen LogP contribution in [0.4, 0.5) is 0 Å². The average molecular weight is 199 g/mol. The summed E-state index contributed by atoms with van der Waals surface area (Å²) in [5, 5.41) is 2.80. The molecule has 2 rings (SSSR count). The Bertz CT molecular complexity index is 192. The predicted octanol–water partition coefficient (Wildman–Crippen LogP) is 0.808. The highest BCUT2D eigenvalue weighted by Crippen LogP contribution is 2.18.